The van der Waals surface area contributed by atoms with Crippen molar-refractivity contribution in [1.29, 1.82) is 0 Å². The number of benzene rings is 1. The van der Waals surface area contributed by atoms with Crippen LogP contribution in [-0.4, -0.2) is 32.5 Å². The van der Waals surface area contributed by atoms with Crippen molar-refractivity contribution in [3.05, 3.63) is 53.5 Å². The molecule has 0 saturated heterocycles. The fraction of sp³-hybridized carbons (Fsp3) is 0.417. The zero-order chi connectivity index (χ0) is 24.5. The number of aromatic amines is 1. The number of fused-ring (bicyclic) bond motifs is 1. The van der Waals surface area contributed by atoms with Crippen molar-refractivity contribution in [2.45, 2.75) is 50.8 Å². The largest absolute Gasteiger partial charge is 0.418 e. The Morgan fingerprint density at radius 2 is 1.97 bits per heavy atom. The quantitative estimate of drug-likeness (QED) is 0.444. The van der Waals surface area contributed by atoms with Crippen LogP contribution < -0.4 is 5.32 Å². The lowest BCUT2D eigenvalue weighted by Crippen LogP contribution is -2.29. The van der Waals surface area contributed by atoms with Gasteiger partial charge in [-0.2, -0.15) is 18.3 Å². The first-order valence-electron chi connectivity index (χ1n) is 11.1. The van der Waals surface area contributed by atoms with Crippen molar-refractivity contribution in [3.8, 4) is 0 Å². The Bertz CT molecular complexity index is 1200. The normalized spacial score (nSPS) is 20.6. The lowest BCUT2D eigenvalue weighted by atomic mass is 9.75. The molecule has 7 nitrogen and oxygen atoms in total. The highest BCUT2D eigenvalue weighted by Crippen LogP contribution is 2.40. The van der Waals surface area contributed by atoms with Gasteiger partial charge in [0.25, 0.3) is 5.91 Å². The first kappa shape index (κ1) is 23.9. The number of aldehydes is 1. The minimum Gasteiger partial charge on any atom is -0.385 e. The topological polar surface area (TPSA) is 108 Å². The molecule has 3 aromatic rings. The first-order valence-corrected chi connectivity index (χ1v) is 11.1. The van der Waals surface area contributed by atoms with Crippen LogP contribution in [0.25, 0.3) is 10.9 Å². The van der Waals surface area contributed by atoms with Gasteiger partial charge in [0, 0.05) is 28.8 Å². The molecular weight excluding hydrogens is 449 g/mol. The second-order valence-corrected chi connectivity index (χ2v) is 9.10. The van der Waals surface area contributed by atoms with Crippen molar-refractivity contribution in [2.75, 3.05) is 5.32 Å². The van der Waals surface area contributed by atoms with Crippen LogP contribution >= 0.6 is 0 Å². The SMILES string of the molecule is CC(O)(CC1CCC(C=O)CC1)c1cc2[nH]ncc2cc1NC(=O)c1ncccc1C(F)(F)F. The van der Waals surface area contributed by atoms with E-state index in [1.165, 1.54) is 6.20 Å². The molecule has 2 aromatic heterocycles. The molecule has 1 atom stereocenters. The molecule has 0 bridgehead atoms. The Balaban J connectivity index is 1.66. The number of halogens is 3. The van der Waals surface area contributed by atoms with E-state index < -0.39 is 28.9 Å². The number of hydrogen-bond acceptors (Lipinski definition) is 5. The summed E-state index contributed by atoms with van der Waals surface area (Å²) in [6.07, 6.45) is 2.33. The number of nitrogens with zero attached hydrogens (tertiary/aromatic N) is 2. The van der Waals surface area contributed by atoms with Gasteiger partial charge in [0.1, 0.15) is 12.0 Å². The summed E-state index contributed by atoms with van der Waals surface area (Å²) in [5, 5.41) is 21.4. The van der Waals surface area contributed by atoms with Crippen molar-refractivity contribution in [1.82, 2.24) is 15.2 Å². The summed E-state index contributed by atoms with van der Waals surface area (Å²) in [6, 6.07) is 5.14. The molecular formula is C24H25F3N4O3. The lowest BCUT2D eigenvalue weighted by Gasteiger charge is -2.33. The molecule has 4 rings (SSSR count). The number of rotatable bonds is 6. The van der Waals surface area contributed by atoms with Gasteiger partial charge in [0.05, 0.1) is 22.9 Å². The number of nitrogens with one attached hydrogen (secondary N) is 2. The summed E-state index contributed by atoms with van der Waals surface area (Å²) >= 11 is 0. The van der Waals surface area contributed by atoms with Crippen LogP contribution in [0.15, 0.2) is 36.7 Å². The summed E-state index contributed by atoms with van der Waals surface area (Å²) < 4.78 is 40.2. The Morgan fingerprint density at radius 3 is 2.65 bits per heavy atom. The number of carbonyl (C=O) groups is 2. The fourth-order valence-electron chi connectivity index (χ4n) is 4.74. The minimum absolute atomic E-state index is 0.0404. The van der Waals surface area contributed by atoms with Gasteiger partial charge in [-0.05, 0) is 69.2 Å². The van der Waals surface area contributed by atoms with E-state index in [-0.39, 0.29) is 17.5 Å². The fourth-order valence-corrected chi connectivity index (χ4v) is 4.74. The minimum atomic E-state index is -4.75. The molecule has 10 heteroatoms. The molecule has 34 heavy (non-hydrogen) atoms. The Kier molecular flexibility index (Phi) is 6.44. The van der Waals surface area contributed by atoms with Crippen molar-refractivity contribution in [2.24, 2.45) is 11.8 Å². The van der Waals surface area contributed by atoms with E-state index in [9.17, 15) is 27.9 Å². The highest BCUT2D eigenvalue weighted by molar-refractivity contribution is 6.05. The number of H-pyrrole nitrogens is 1. The van der Waals surface area contributed by atoms with Gasteiger partial charge in [-0.1, -0.05) is 0 Å². The molecule has 1 saturated carbocycles. The van der Waals surface area contributed by atoms with E-state index in [1.807, 2.05) is 0 Å². The second kappa shape index (κ2) is 9.17. The molecule has 0 spiro atoms. The number of amides is 1. The average Bonchev–Trinajstić information content (AvgIpc) is 3.26. The summed E-state index contributed by atoms with van der Waals surface area (Å²) in [4.78, 5) is 27.6. The average molecular weight is 474 g/mol. The van der Waals surface area contributed by atoms with E-state index >= 15 is 0 Å². The number of hydrogen-bond donors (Lipinski definition) is 3. The third kappa shape index (κ3) is 4.96. The van der Waals surface area contributed by atoms with E-state index in [4.69, 9.17) is 0 Å². The molecule has 180 valence electrons. The van der Waals surface area contributed by atoms with Crippen molar-refractivity contribution < 1.29 is 27.9 Å². The molecule has 1 unspecified atom stereocenters. The predicted molar refractivity (Wildman–Crippen MR) is 119 cm³/mol. The summed E-state index contributed by atoms with van der Waals surface area (Å²) in [7, 11) is 0. The third-order valence-corrected chi connectivity index (χ3v) is 6.50. The molecule has 0 aliphatic heterocycles. The Labute approximate surface area is 193 Å². The van der Waals surface area contributed by atoms with Gasteiger partial charge in [-0.25, -0.2) is 0 Å². The zero-order valence-corrected chi connectivity index (χ0v) is 18.5. The molecule has 1 amide bonds. The predicted octanol–water partition coefficient (Wildman–Crippen LogP) is 4.83. The highest BCUT2D eigenvalue weighted by Gasteiger charge is 2.37. The maximum absolute atomic E-state index is 13.4. The van der Waals surface area contributed by atoms with Crippen LogP contribution in [0.1, 0.15) is 60.6 Å². The second-order valence-electron chi connectivity index (χ2n) is 9.10. The maximum atomic E-state index is 13.4. The van der Waals surface area contributed by atoms with Crippen LogP contribution in [0.4, 0.5) is 18.9 Å². The molecule has 0 radical (unpaired) electrons. The standard InChI is InChI=1S/C24H25F3N4O3/c1-23(34,11-14-4-6-15(13-32)7-5-14)18-10-19-16(12-29-31-19)9-20(18)30-22(33)21-17(24(25,26)27)3-2-8-28-21/h2-3,8-10,12-15,34H,4-7,11H2,1H3,(H,29,31)(H,30,33). The number of alkyl halides is 3. The van der Waals surface area contributed by atoms with Crippen molar-refractivity contribution in [3.63, 3.8) is 0 Å². The van der Waals surface area contributed by atoms with Crippen LogP contribution in [0.3, 0.4) is 0 Å². The van der Waals surface area contributed by atoms with E-state index in [2.05, 4.69) is 20.5 Å². The van der Waals surface area contributed by atoms with Gasteiger partial charge >= 0.3 is 6.18 Å². The first-order chi connectivity index (χ1) is 16.1. The van der Waals surface area contributed by atoms with Gasteiger partial charge in [0.15, 0.2) is 0 Å². The number of aromatic nitrogens is 3. The van der Waals surface area contributed by atoms with E-state index in [0.717, 1.165) is 50.3 Å². The number of aliphatic hydroxyl groups is 1. The smallest absolute Gasteiger partial charge is 0.385 e. The van der Waals surface area contributed by atoms with Gasteiger partial charge in [-0.3, -0.25) is 14.9 Å². The van der Waals surface area contributed by atoms with E-state index in [0.29, 0.717) is 22.9 Å². The number of anilines is 1. The van der Waals surface area contributed by atoms with E-state index in [1.54, 1.807) is 19.1 Å². The van der Waals surface area contributed by atoms with Crippen LogP contribution in [0.5, 0.6) is 0 Å². The monoisotopic (exact) mass is 474 g/mol. The Morgan fingerprint density at radius 1 is 1.24 bits per heavy atom. The van der Waals surface area contributed by atoms with Crippen LogP contribution in [0.2, 0.25) is 0 Å². The van der Waals surface area contributed by atoms with Gasteiger partial charge in [-0.15, -0.1) is 0 Å². The number of pyridine rings is 1. The molecule has 1 aliphatic rings. The Hall–Kier alpha value is -3.27. The van der Waals surface area contributed by atoms with Gasteiger partial charge < -0.3 is 15.2 Å². The zero-order valence-electron chi connectivity index (χ0n) is 18.5. The molecule has 1 fully saturated rings. The molecule has 2 heterocycles. The summed E-state index contributed by atoms with van der Waals surface area (Å²) in [6.45, 7) is 1.62. The third-order valence-electron chi connectivity index (χ3n) is 6.50. The molecule has 1 aromatic carbocycles. The summed E-state index contributed by atoms with van der Waals surface area (Å²) in [5.74, 6) is -0.822. The van der Waals surface area contributed by atoms with Crippen molar-refractivity contribution >= 4 is 28.8 Å². The maximum Gasteiger partial charge on any atom is 0.418 e. The van der Waals surface area contributed by atoms with Crippen LogP contribution in [-0.2, 0) is 16.6 Å². The highest BCUT2D eigenvalue weighted by atomic mass is 19.4. The number of carbonyl (C=O) groups excluding carboxylic acids is 2. The van der Waals surface area contributed by atoms with Gasteiger partial charge in [0.2, 0.25) is 0 Å². The lowest BCUT2D eigenvalue weighted by molar-refractivity contribution is -0.138. The molecule has 1 aliphatic carbocycles. The summed E-state index contributed by atoms with van der Waals surface area (Å²) in [5.41, 5.74) is -2.12. The molecule has 3 N–H and O–H groups in total. The van der Waals surface area contributed by atoms with Crippen LogP contribution in [0, 0.1) is 11.8 Å².